The highest BCUT2D eigenvalue weighted by molar-refractivity contribution is 9.10. The molecule has 0 aliphatic rings. The Bertz CT molecular complexity index is 853. The minimum Gasteiger partial charge on any atom is -0.493 e. The van der Waals surface area contributed by atoms with Gasteiger partial charge in [-0.2, -0.15) is 0 Å². The number of halogens is 1. The monoisotopic (exact) mass is 490 g/mol. The lowest BCUT2D eigenvalue weighted by atomic mass is 10.0. The second-order valence-corrected chi connectivity index (χ2v) is 8.48. The summed E-state index contributed by atoms with van der Waals surface area (Å²) in [4.78, 5) is 24.6. The second-order valence-electron chi connectivity index (χ2n) is 7.56. The van der Waals surface area contributed by atoms with Crippen molar-refractivity contribution < 1.29 is 19.1 Å². The van der Waals surface area contributed by atoms with E-state index >= 15 is 0 Å². The lowest BCUT2D eigenvalue weighted by molar-refractivity contribution is -0.123. The zero-order valence-corrected chi connectivity index (χ0v) is 20.0. The van der Waals surface area contributed by atoms with Gasteiger partial charge in [-0.3, -0.25) is 20.4 Å². The number of hydrogen-bond donors (Lipinski definition) is 2. The van der Waals surface area contributed by atoms with Gasteiger partial charge in [0.25, 0.3) is 11.8 Å². The number of carbonyl (C=O) groups excluding carboxylic acids is 2. The van der Waals surface area contributed by atoms with Gasteiger partial charge in [0.2, 0.25) is 0 Å². The van der Waals surface area contributed by atoms with Crippen molar-refractivity contribution in [2.45, 2.75) is 52.4 Å². The smallest absolute Gasteiger partial charge is 0.276 e. The molecule has 2 N–H and O–H groups in total. The first-order valence-corrected chi connectivity index (χ1v) is 11.4. The summed E-state index contributed by atoms with van der Waals surface area (Å²) < 4.78 is 12.0. The van der Waals surface area contributed by atoms with E-state index in [4.69, 9.17) is 9.47 Å². The second kappa shape index (κ2) is 13.0. The van der Waals surface area contributed by atoms with Gasteiger partial charge >= 0.3 is 0 Å². The number of hydrogen-bond acceptors (Lipinski definition) is 4. The molecule has 168 valence electrons. The molecule has 0 aliphatic carbocycles. The molecule has 0 bridgehead atoms. The van der Waals surface area contributed by atoms with E-state index in [1.54, 1.807) is 12.1 Å². The molecular formula is C24H31BrN2O4. The van der Waals surface area contributed by atoms with Crippen LogP contribution >= 0.6 is 15.9 Å². The lowest BCUT2D eigenvalue weighted by Gasteiger charge is -2.13. The SMILES string of the molecule is CCCCCCOc1ccc(Br)cc1C(=O)NNC(=O)COc1ccc(C(C)C)cc1. The molecule has 0 saturated heterocycles. The largest absolute Gasteiger partial charge is 0.493 e. The Morgan fingerprint density at radius 1 is 0.968 bits per heavy atom. The van der Waals surface area contributed by atoms with E-state index < -0.39 is 11.8 Å². The van der Waals surface area contributed by atoms with E-state index in [-0.39, 0.29) is 6.61 Å². The molecular weight excluding hydrogens is 460 g/mol. The predicted molar refractivity (Wildman–Crippen MR) is 125 cm³/mol. The molecule has 0 spiro atoms. The van der Waals surface area contributed by atoms with Crippen molar-refractivity contribution in [3.05, 3.63) is 58.1 Å². The molecule has 7 heteroatoms. The summed E-state index contributed by atoms with van der Waals surface area (Å²) in [5.41, 5.74) is 6.33. The van der Waals surface area contributed by atoms with Crippen molar-refractivity contribution in [2.24, 2.45) is 0 Å². The summed E-state index contributed by atoms with van der Waals surface area (Å²) in [6.45, 7) is 6.71. The highest BCUT2D eigenvalue weighted by atomic mass is 79.9. The van der Waals surface area contributed by atoms with Crippen molar-refractivity contribution in [2.75, 3.05) is 13.2 Å². The number of carbonyl (C=O) groups is 2. The zero-order valence-electron chi connectivity index (χ0n) is 18.4. The van der Waals surface area contributed by atoms with Crippen LogP contribution in [0.3, 0.4) is 0 Å². The van der Waals surface area contributed by atoms with E-state index in [1.165, 1.54) is 5.56 Å². The average molecular weight is 491 g/mol. The van der Waals surface area contributed by atoms with Crippen LogP contribution < -0.4 is 20.3 Å². The number of unbranched alkanes of at least 4 members (excludes halogenated alkanes) is 3. The summed E-state index contributed by atoms with van der Waals surface area (Å²) in [5, 5.41) is 0. The van der Waals surface area contributed by atoms with Crippen LogP contribution in [0.15, 0.2) is 46.9 Å². The number of nitrogens with one attached hydrogen (secondary N) is 2. The zero-order chi connectivity index (χ0) is 22.6. The number of amides is 2. The van der Waals surface area contributed by atoms with Crippen molar-refractivity contribution in [1.82, 2.24) is 10.9 Å². The Morgan fingerprint density at radius 3 is 2.39 bits per heavy atom. The van der Waals surface area contributed by atoms with Crippen LogP contribution in [0.4, 0.5) is 0 Å². The number of hydrazine groups is 1. The maximum atomic E-state index is 12.6. The Balaban J connectivity index is 1.84. The Labute approximate surface area is 192 Å². The van der Waals surface area contributed by atoms with Crippen molar-refractivity contribution in [3.63, 3.8) is 0 Å². The molecule has 2 aromatic carbocycles. The third-order valence-electron chi connectivity index (χ3n) is 4.67. The molecule has 2 rings (SSSR count). The van der Waals surface area contributed by atoms with Gasteiger partial charge in [-0.25, -0.2) is 0 Å². The minimum atomic E-state index is -0.460. The summed E-state index contributed by atoms with van der Waals surface area (Å²) >= 11 is 3.37. The first-order valence-electron chi connectivity index (χ1n) is 10.6. The molecule has 0 saturated carbocycles. The maximum Gasteiger partial charge on any atom is 0.276 e. The minimum absolute atomic E-state index is 0.208. The molecule has 2 aromatic rings. The molecule has 0 radical (unpaired) electrons. The topological polar surface area (TPSA) is 76.7 Å². The molecule has 0 atom stereocenters. The van der Waals surface area contributed by atoms with Crippen LogP contribution in [-0.2, 0) is 4.79 Å². The fraction of sp³-hybridized carbons (Fsp3) is 0.417. The Kier molecular flexibility index (Phi) is 10.4. The van der Waals surface area contributed by atoms with Crippen LogP contribution in [0.2, 0.25) is 0 Å². The van der Waals surface area contributed by atoms with Crippen LogP contribution in [0, 0.1) is 0 Å². The normalized spacial score (nSPS) is 10.6. The van der Waals surface area contributed by atoms with Crippen LogP contribution in [0.5, 0.6) is 11.5 Å². The van der Waals surface area contributed by atoms with Gasteiger partial charge in [0.05, 0.1) is 12.2 Å². The lowest BCUT2D eigenvalue weighted by Crippen LogP contribution is -2.44. The van der Waals surface area contributed by atoms with E-state index in [2.05, 4.69) is 47.6 Å². The molecule has 0 heterocycles. The highest BCUT2D eigenvalue weighted by Crippen LogP contribution is 2.23. The van der Waals surface area contributed by atoms with Gasteiger partial charge in [-0.15, -0.1) is 0 Å². The van der Waals surface area contributed by atoms with Crippen LogP contribution in [-0.4, -0.2) is 25.0 Å². The number of ether oxygens (including phenoxy) is 2. The fourth-order valence-corrected chi connectivity index (χ4v) is 3.21. The van der Waals surface area contributed by atoms with E-state index in [1.807, 2.05) is 30.3 Å². The molecule has 6 nitrogen and oxygen atoms in total. The van der Waals surface area contributed by atoms with E-state index in [0.717, 1.165) is 30.2 Å². The summed E-state index contributed by atoms with van der Waals surface area (Å²) in [7, 11) is 0. The van der Waals surface area contributed by atoms with Gasteiger partial charge in [-0.1, -0.05) is 68.1 Å². The van der Waals surface area contributed by atoms with Gasteiger partial charge < -0.3 is 9.47 Å². The first-order chi connectivity index (χ1) is 14.9. The highest BCUT2D eigenvalue weighted by Gasteiger charge is 2.14. The fourth-order valence-electron chi connectivity index (χ4n) is 2.84. The molecule has 0 aliphatic heterocycles. The predicted octanol–water partition coefficient (Wildman–Crippen LogP) is 5.37. The number of rotatable bonds is 11. The van der Waals surface area contributed by atoms with Crippen molar-refractivity contribution in [1.29, 1.82) is 0 Å². The maximum absolute atomic E-state index is 12.6. The van der Waals surface area contributed by atoms with E-state index in [0.29, 0.717) is 29.6 Å². The summed E-state index contributed by atoms with van der Waals surface area (Å²) in [6, 6.07) is 12.8. The number of benzene rings is 2. The summed E-state index contributed by atoms with van der Waals surface area (Å²) in [5.74, 6) is 0.582. The Morgan fingerprint density at radius 2 is 1.71 bits per heavy atom. The Hall–Kier alpha value is -2.54. The standard InChI is InChI=1S/C24H31BrN2O4/c1-4-5-6-7-14-30-22-13-10-19(25)15-21(22)24(29)27-26-23(28)16-31-20-11-8-18(9-12-20)17(2)3/h8-13,15,17H,4-7,14,16H2,1-3H3,(H,26,28)(H,27,29). The van der Waals surface area contributed by atoms with Gasteiger partial charge in [0.15, 0.2) is 6.61 Å². The molecule has 0 unspecified atom stereocenters. The summed E-state index contributed by atoms with van der Waals surface area (Å²) in [6.07, 6.45) is 4.33. The van der Waals surface area contributed by atoms with Gasteiger partial charge in [0.1, 0.15) is 11.5 Å². The quantitative estimate of drug-likeness (QED) is 0.327. The van der Waals surface area contributed by atoms with Crippen molar-refractivity contribution in [3.8, 4) is 11.5 Å². The third kappa shape index (κ3) is 8.61. The molecule has 0 fully saturated rings. The van der Waals surface area contributed by atoms with Crippen LogP contribution in [0.1, 0.15) is 68.3 Å². The molecule has 2 amide bonds. The molecule has 31 heavy (non-hydrogen) atoms. The first kappa shape index (κ1) is 24.7. The van der Waals surface area contributed by atoms with Crippen LogP contribution in [0.25, 0.3) is 0 Å². The van der Waals surface area contributed by atoms with Gasteiger partial charge in [-0.05, 0) is 48.2 Å². The average Bonchev–Trinajstić information content (AvgIpc) is 2.77. The van der Waals surface area contributed by atoms with E-state index in [9.17, 15) is 9.59 Å². The molecule has 0 aromatic heterocycles. The van der Waals surface area contributed by atoms with Gasteiger partial charge in [0, 0.05) is 4.47 Å². The van der Waals surface area contributed by atoms with Crippen molar-refractivity contribution >= 4 is 27.7 Å². The third-order valence-corrected chi connectivity index (χ3v) is 5.17.